The fourth-order valence-corrected chi connectivity index (χ4v) is 6.58. The molecule has 4 aromatic carbocycles. The zero-order chi connectivity index (χ0) is 33.3. The Morgan fingerprint density at radius 3 is 1.96 bits per heavy atom. The molecule has 48 heavy (non-hydrogen) atoms. The molecule has 7 rings (SSSR count). The van der Waals surface area contributed by atoms with Crippen molar-refractivity contribution in [3.05, 3.63) is 183 Å². The smallest absolute Gasteiger partial charge is 0.335 e. The minimum absolute atomic E-state index is 0.0857. The predicted molar refractivity (Wildman–Crippen MR) is 185 cm³/mol. The van der Waals surface area contributed by atoms with Gasteiger partial charge in [0.05, 0.1) is 33.8 Å². The standard InChI is InChI=1S/C39H31N5O4/c1-43-34-25-40-23-21-31(34)36(45)44(38(43)48)33-20-19-26(30-18-11-22-41-35(30)33)24-32(37(46)47)42-39(27-12-5-2-6-13-27,28-14-7-3-8-15-28)29-16-9-4-10-17-29/h2-23,25,32,42H,24H2,1H3,(H,46,47)/t32-/m0/s1. The van der Waals surface area contributed by atoms with Crippen molar-refractivity contribution in [3.8, 4) is 5.69 Å². The number of hydrogen-bond acceptors (Lipinski definition) is 6. The van der Waals surface area contributed by atoms with Gasteiger partial charge in [-0.15, -0.1) is 0 Å². The van der Waals surface area contributed by atoms with E-state index >= 15 is 0 Å². The minimum Gasteiger partial charge on any atom is -0.480 e. The van der Waals surface area contributed by atoms with Gasteiger partial charge in [0.2, 0.25) is 0 Å². The molecule has 7 aromatic rings. The van der Waals surface area contributed by atoms with Crippen LogP contribution in [0, 0.1) is 0 Å². The van der Waals surface area contributed by atoms with Crippen LogP contribution in [0.4, 0.5) is 0 Å². The second-order valence-electron chi connectivity index (χ2n) is 11.6. The molecule has 3 heterocycles. The first-order valence-electron chi connectivity index (χ1n) is 15.5. The van der Waals surface area contributed by atoms with E-state index in [2.05, 4.69) is 15.3 Å². The second-order valence-corrected chi connectivity index (χ2v) is 11.6. The third-order valence-corrected chi connectivity index (χ3v) is 8.89. The average molecular weight is 634 g/mol. The van der Waals surface area contributed by atoms with Gasteiger partial charge in [-0.1, -0.05) is 103 Å². The van der Waals surface area contributed by atoms with E-state index in [4.69, 9.17) is 0 Å². The summed E-state index contributed by atoms with van der Waals surface area (Å²) in [6.45, 7) is 0. The molecule has 0 spiro atoms. The number of benzene rings is 4. The molecule has 0 bridgehead atoms. The maximum absolute atomic E-state index is 13.7. The van der Waals surface area contributed by atoms with Crippen molar-refractivity contribution in [3.63, 3.8) is 0 Å². The second kappa shape index (κ2) is 12.5. The van der Waals surface area contributed by atoms with E-state index in [1.165, 1.54) is 17.0 Å². The highest BCUT2D eigenvalue weighted by atomic mass is 16.4. The van der Waals surface area contributed by atoms with Gasteiger partial charge in [0.15, 0.2) is 0 Å². The summed E-state index contributed by atoms with van der Waals surface area (Å²) >= 11 is 0. The Hall–Kier alpha value is -6.19. The summed E-state index contributed by atoms with van der Waals surface area (Å²) in [5.74, 6) is -1.03. The van der Waals surface area contributed by atoms with Crippen molar-refractivity contribution in [1.29, 1.82) is 0 Å². The zero-order valence-electron chi connectivity index (χ0n) is 26.0. The quantitative estimate of drug-likeness (QED) is 0.210. The third kappa shape index (κ3) is 5.16. The SMILES string of the molecule is Cn1c(=O)n(-c2ccc(C[C@H](NC(c3ccccc3)(c3ccccc3)c3ccccc3)C(=O)O)c3cccnc23)c(=O)c2ccncc21. The van der Waals surface area contributed by atoms with Crippen LogP contribution in [0.25, 0.3) is 27.5 Å². The van der Waals surface area contributed by atoms with Crippen LogP contribution >= 0.6 is 0 Å². The van der Waals surface area contributed by atoms with Crippen LogP contribution < -0.4 is 16.6 Å². The van der Waals surface area contributed by atoms with Crippen molar-refractivity contribution in [1.82, 2.24) is 24.4 Å². The number of nitrogens with one attached hydrogen (secondary N) is 1. The van der Waals surface area contributed by atoms with Crippen molar-refractivity contribution in [2.75, 3.05) is 0 Å². The Balaban J connectivity index is 1.38. The summed E-state index contributed by atoms with van der Waals surface area (Å²) in [6.07, 6.45) is 4.68. The number of rotatable bonds is 9. The van der Waals surface area contributed by atoms with Gasteiger partial charge in [0.25, 0.3) is 5.56 Å². The molecule has 2 N–H and O–H groups in total. The van der Waals surface area contributed by atoms with Gasteiger partial charge in [-0.3, -0.25) is 29.4 Å². The summed E-state index contributed by atoms with van der Waals surface area (Å²) in [5.41, 5.74) is 2.46. The molecule has 0 aliphatic heterocycles. The summed E-state index contributed by atoms with van der Waals surface area (Å²) in [5, 5.41) is 15.3. The van der Waals surface area contributed by atoms with Gasteiger partial charge in [0.1, 0.15) is 6.04 Å². The van der Waals surface area contributed by atoms with Gasteiger partial charge < -0.3 is 5.11 Å². The highest BCUT2D eigenvalue weighted by molar-refractivity contribution is 5.90. The lowest BCUT2D eigenvalue weighted by molar-refractivity contribution is -0.139. The van der Waals surface area contributed by atoms with E-state index in [0.717, 1.165) is 21.3 Å². The molecule has 0 amide bonds. The number of nitrogens with zero attached hydrogens (tertiary/aromatic N) is 4. The lowest BCUT2D eigenvalue weighted by atomic mass is 9.76. The van der Waals surface area contributed by atoms with Gasteiger partial charge >= 0.3 is 11.7 Å². The van der Waals surface area contributed by atoms with Gasteiger partial charge in [-0.25, -0.2) is 9.36 Å². The third-order valence-electron chi connectivity index (χ3n) is 8.89. The molecule has 0 unspecified atom stereocenters. The van der Waals surface area contributed by atoms with E-state index in [1.807, 2.05) is 97.1 Å². The first-order valence-corrected chi connectivity index (χ1v) is 15.5. The maximum Gasteiger partial charge on any atom is 0.335 e. The number of aryl methyl sites for hydroxylation is 1. The van der Waals surface area contributed by atoms with E-state index in [-0.39, 0.29) is 6.42 Å². The minimum atomic E-state index is -1.07. The lowest BCUT2D eigenvalue weighted by Gasteiger charge is -2.39. The number of aromatic nitrogens is 4. The Morgan fingerprint density at radius 2 is 1.38 bits per heavy atom. The van der Waals surface area contributed by atoms with Crippen molar-refractivity contribution >= 4 is 27.8 Å². The molecule has 9 nitrogen and oxygen atoms in total. The molecular weight excluding hydrogens is 602 g/mol. The molecule has 0 saturated heterocycles. The Morgan fingerprint density at radius 1 is 0.771 bits per heavy atom. The topological polar surface area (TPSA) is 119 Å². The molecule has 0 radical (unpaired) electrons. The Labute approximate surface area is 275 Å². The summed E-state index contributed by atoms with van der Waals surface area (Å²) < 4.78 is 2.49. The van der Waals surface area contributed by atoms with Crippen molar-refractivity contribution in [2.45, 2.75) is 18.0 Å². The highest BCUT2D eigenvalue weighted by Crippen LogP contribution is 2.38. The van der Waals surface area contributed by atoms with E-state index < -0.39 is 28.8 Å². The van der Waals surface area contributed by atoms with Crippen LogP contribution in [0.1, 0.15) is 22.3 Å². The van der Waals surface area contributed by atoms with Crippen LogP contribution in [-0.4, -0.2) is 36.2 Å². The van der Waals surface area contributed by atoms with Gasteiger partial charge in [-0.05, 0) is 46.9 Å². The largest absolute Gasteiger partial charge is 0.480 e. The number of hydrogen-bond donors (Lipinski definition) is 2. The number of carbonyl (C=O) groups is 1. The van der Waals surface area contributed by atoms with Crippen LogP contribution in [0.2, 0.25) is 0 Å². The molecule has 3 aromatic heterocycles. The Bertz CT molecular complexity index is 2290. The molecule has 0 fully saturated rings. The molecule has 0 saturated carbocycles. The predicted octanol–water partition coefficient (Wildman–Crippen LogP) is 5.21. The molecular formula is C39H31N5O4. The molecule has 236 valence electrons. The maximum atomic E-state index is 13.7. The van der Waals surface area contributed by atoms with Crippen molar-refractivity contribution in [2.24, 2.45) is 7.05 Å². The number of aliphatic carboxylic acids is 1. The van der Waals surface area contributed by atoms with E-state index in [0.29, 0.717) is 33.1 Å². The highest BCUT2D eigenvalue weighted by Gasteiger charge is 2.40. The molecule has 0 aliphatic rings. The number of carboxylic acids is 1. The molecule has 9 heteroatoms. The lowest BCUT2D eigenvalue weighted by Crippen LogP contribution is -2.53. The molecule has 0 aliphatic carbocycles. The summed E-state index contributed by atoms with van der Waals surface area (Å²) in [6, 6.07) is 37.0. The van der Waals surface area contributed by atoms with Crippen LogP contribution in [0.15, 0.2) is 150 Å². The van der Waals surface area contributed by atoms with Crippen molar-refractivity contribution < 1.29 is 9.90 Å². The number of carboxylic acid groups (broad SMARTS) is 1. The van der Waals surface area contributed by atoms with Crippen LogP contribution in [0.3, 0.4) is 0 Å². The van der Waals surface area contributed by atoms with E-state index in [9.17, 15) is 19.5 Å². The van der Waals surface area contributed by atoms with Gasteiger partial charge in [0, 0.05) is 24.8 Å². The fraction of sp³-hybridized carbons (Fsp3) is 0.103. The zero-order valence-corrected chi connectivity index (χ0v) is 26.0. The first kappa shape index (κ1) is 30.5. The number of fused-ring (bicyclic) bond motifs is 2. The van der Waals surface area contributed by atoms with Crippen LogP contribution in [0.5, 0.6) is 0 Å². The number of pyridine rings is 2. The first-order chi connectivity index (χ1) is 23.4. The monoisotopic (exact) mass is 633 g/mol. The molecule has 1 atom stereocenters. The Kier molecular flexibility index (Phi) is 7.96. The average Bonchev–Trinajstić information content (AvgIpc) is 3.14. The summed E-state index contributed by atoms with van der Waals surface area (Å²) in [4.78, 5) is 49.0. The normalized spacial score (nSPS) is 12.3. The van der Waals surface area contributed by atoms with E-state index in [1.54, 1.807) is 37.5 Å². The van der Waals surface area contributed by atoms with Crippen LogP contribution in [-0.2, 0) is 23.8 Å². The van der Waals surface area contributed by atoms with Gasteiger partial charge in [-0.2, -0.15) is 0 Å². The summed E-state index contributed by atoms with van der Waals surface area (Å²) in [7, 11) is 1.59. The fourth-order valence-electron chi connectivity index (χ4n) is 6.58.